The SMILES string of the molecule is COc1ccc(N([C@H](C)c2cccc(C)c2)S(=O)(=O)c2ccc(F)cc2)cc1. The van der Waals surface area contributed by atoms with Crippen molar-refractivity contribution >= 4 is 15.7 Å². The number of methoxy groups -OCH3 is 1. The van der Waals surface area contributed by atoms with Crippen molar-refractivity contribution in [1.29, 1.82) is 0 Å². The number of halogens is 1. The first kappa shape index (κ1) is 19.9. The molecule has 0 unspecified atom stereocenters. The van der Waals surface area contributed by atoms with Crippen LogP contribution in [-0.4, -0.2) is 15.5 Å². The molecule has 0 aromatic heterocycles. The predicted octanol–water partition coefficient (Wildman–Crippen LogP) is 5.10. The average Bonchev–Trinajstić information content (AvgIpc) is 2.69. The van der Waals surface area contributed by atoms with Crippen molar-refractivity contribution < 1.29 is 17.5 Å². The minimum atomic E-state index is -3.92. The lowest BCUT2D eigenvalue weighted by Gasteiger charge is -2.31. The highest BCUT2D eigenvalue weighted by molar-refractivity contribution is 7.92. The first-order valence-corrected chi connectivity index (χ1v) is 10.3. The number of nitrogens with zero attached hydrogens (tertiary/aromatic N) is 1. The number of ether oxygens (including phenoxy) is 1. The van der Waals surface area contributed by atoms with Crippen LogP contribution < -0.4 is 9.04 Å². The third-order valence-electron chi connectivity index (χ3n) is 4.57. The summed E-state index contributed by atoms with van der Waals surface area (Å²) in [5.41, 5.74) is 2.40. The molecule has 3 aromatic rings. The molecule has 0 aliphatic heterocycles. The van der Waals surface area contributed by atoms with Crippen LogP contribution in [0.4, 0.5) is 10.1 Å². The summed E-state index contributed by atoms with van der Waals surface area (Å²) in [6.45, 7) is 3.79. The van der Waals surface area contributed by atoms with Crippen molar-refractivity contribution in [2.45, 2.75) is 24.8 Å². The molecule has 3 aromatic carbocycles. The van der Waals surface area contributed by atoms with E-state index in [4.69, 9.17) is 4.74 Å². The van der Waals surface area contributed by atoms with E-state index in [2.05, 4.69) is 0 Å². The Labute approximate surface area is 165 Å². The van der Waals surface area contributed by atoms with E-state index in [1.54, 1.807) is 31.4 Å². The smallest absolute Gasteiger partial charge is 0.264 e. The van der Waals surface area contributed by atoms with E-state index in [1.807, 2.05) is 38.1 Å². The number of hydrogen-bond donors (Lipinski definition) is 0. The van der Waals surface area contributed by atoms with Crippen LogP contribution >= 0.6 is 0 Å². The molecule has 4 nitrogen and oxygen atoms in total. The van der Waals surface area contributed by atoms with Gasteiger partial charge in [-0.05, 0) is 67.9 Å². The highest BCUT2D eigenvalue weighted by Crippen LogP contribution is 2.34. The van der Waals surface area contributed by atoms with Crippen LogP contribution in [0.2, 0.25) is 0 Å². The lowest BCUT2D eigenvalue weighted by Crippen LogP contribution is -2.33. The minimum Gasteiger partial charge on any atom is -0.497 e. The molecule has 0 aliphatic rings. The molecule has 28 heavy (non-hydrogen) atoms. The monoisotopic (exact) mass is 399 g/mol. The average molecular weight is 399 g/mol. The number of anilines is 1. The summed E-state index contributed by atoms with van der Waals surface area (Å²) in [7, 11) is -2.37. The molecule has 6 heteroatoms. The van der Waals surface area contributed by atoms with Gasteiger partial charge in [0, 0.05) is 0 Å². The highest BCUT2D eigenvalue weighted by Gasteiger charge is 2.30. The normalized spacial score (nSPS) is 12.4. The van der Waals surface area contributed by atoms with Crippen LogP contribution in [-0.2, 0) is 10.0 Å². The molecule has 0 amide bonds. The van der Waals surface area contributed by atoms with Gasteiger partial charge in [-0.1, -0.05) is 29.8 Å². The zero-order valence-corrected chi connectivity index (χ0v) is 16.8. The van der Waals surface area contributed by atoms with Crippen LogP contribution in [0, 0.1) is 12.7 Å². The molecular weight excluding hydrogens is 377 g/mol. The van der Waals surface area contributed by atoms with Crippen LogP contribution in [0.3, 0.4) is 0 Å². The van der Waals surface area contributed by atoms with E-state index in [0.29, 0.717) is 11.4 Å². The molecule has 0 fully saturated rings. The maximum absolute atomic E-state index is 13.5. The Morgan fingerprint density at radius 2 is 1.61 bits per heavy atom. The Kier molecular flexibility index (Phi) is 5.70. The molecule has 0 saturated carbocycles. The third-order valence-corrected chi connectivity index (χ3v) is 6.49. The van der Waals surface area contributed by atoms with E-state index < -0.39 is 21.9 Å². The number of hydrogen-bond acceptors (Lipinski definition) is 3. The van der Waals surface area contributed by atoms with Gasteiger partial charge < -0.3 is 4.74 Å². The zero-order chi connectivity index (χ0) is 20.3. The summed E-state index contributed by atoms with van der Waals surface area (Å²) < 4.78 is 46.8. The molecule has 0 heterocycles. The van der Waals surface area contributed by atoms with E-state index in [-0.39, 0.29) is 4.90 Å². The molecule has 146 valence electrons. The molecule has 0 N–H and O–H groups in total. The van der Waals surface area contributed by atoms with Crippen LogP contribution in [0.25, 0.3) is 0 Å². The molecule has 1 atom stereocenters. The molecule has 0 spiro atoms. The first-order valence-electron chi connectivity index (χ1n) is 8.83. The van der Waals surface area contributed by atoms with E-state index in [9.17, 15) is 12.8 Å². The van der Waals surface area contributed by atoms with Crippen molar-refractivity contribution in [3.63, 3.8) is 0 Å². The molecular formula is C22H22FNO3S. The standard InChI is InChI=1S/C22H22FNO3S/c1-16-5-4-6-18(15-16)17(2)24(20-9-11-21(27-3)12-10-20)28(25,26)22-13-7-19(23)8-14-22/h4-15,17H,1-3H3/t17-/m1/s1. The Balaban J connectivity index is 2.14. The Morgan fingerprint density at radius 1 is 0.964 bits per heavy atom. The van der Waals surface area contributed by atoms with Crippen molar-refractivity contribution in [3.8, 4) is 5.75 Å². The number of sulfonamides is 1. The quantitative estimate of drug-likeness (QED) is 0.579. The van der Waals surface area contributed by atoms with Gasteiger partial charge >= 0.3 is 0 Å². The largest absolute Gasteiger partial charge is 0.497 e. The third kappa shape index (κ3) is 4.02. The molecule has 0 bridgehead atoms. The second-order valence-corrected chi connectivity index (χ2v) is 8.36. The Morgan fingerprint density at radius 3 is 2.18 bits per heavy atom. The minimum absolute atomic E-state index is 0.0317. The first-order chi connectivity index (χ1) is 13.3. The number of rotatable bonds is 6. The molecule has 0 aliphatic carbocycles. The van der Waals surface area contributed by atoms with Gasteiger partial charge in [0.15, 0.2) is 0 Å². The van der Waals surface area contributed by atoms with Gasteiger partial charge in [0.2, 0.25) is 0 Å². The summed E-state index contributed by atoms with van der Waals surface area (Å²) >= 11 is 0. The Hall–Kier alpha value is -2.86. The van der Waals surface area contributed by atoms with Crippen molar-refractivity contribution in [1.82, 2.24) is 0 Å². The lowest BCUT2D eigenvalue weighted by molar-refractivity contribution is 0.415. The zero-order valence-electron chi connectivity index (χ0n) is 16.0. The maximum Gasteiger partial charge on any atom is 0.264 e. The van der Waals surface area contributed by atoms with Gasteiger partial charge in [-0.25, -0.2) is 12.8 Å². The van der Waals surface area contributed by atoms with Crippen LogP contribution in [0.1, 0.15) is 24.1 Å². The second kappa shape index (κ2) is 8.02. The highest BCUT2D eigenvalue weighted by atomic mass is 32.2. The lowest BCUT2D eigenvalue weighted by atomic mass is 10.1. The van der Waals surface area contributed by atoms with Gasteiger partial charge in [0.25, 0.3) is 10.0 Å². The molecule has 3 rings (SSSR count). The van der Waals surface area contributed by atoms with Crippen LogP contribution in [0.15, 0.2) is 77.7 Å². The number of aryl methyl sites for hydroxylation is 1. The summed E-state index contributed by atoms with van der Waals surface area (Å²) in [4.78, 5) is 0.0317. The van der Waals surface area contributed by atoms with Gasteiger partial charge in [-0.2, -0.15) is 0 Å². The van der Waals surface area contributed by atoms with Crippen LogP contribution in [0.5, 0.6) is 5.75 Å². The van der Waals surface area contributed by atoms with Gasteiger partial charge in [-0.15, -0.1) is 0 Å². The summed E-state index contributed by atoms with van der Waals surface area (Å²) in [6, 6.07) is 18.9. The number of benzene rings is 3. The van der Waals surface area contributed by atoms with E-state index in [0.717, 1.165) is 23.3 Å². The summed E-state index contributed by atoms with van der Waals surface area (Å²) in [6.07, 6.45) is 0. The second-order valence-electron chi connectivity index (χ2n) is 6.54. The maximum atomic E-state index is 13.5. The topological polar surface area (TPSA) is 46.6 Å². The van der Waals surface area contributed by atoms with Crippen molar-refractivity contribution in [2.75, 3.05) is 11.4 Å². The van der Waals surface area contributed by atoms with Gasteiger partial charge in [0.1, 0.15) is 11.6 Å². The van der Waals surface area contributed by atoms with Crippen molar-refractivity contribution in [3.05, 3.63) is 89.7 Å². The summed E-state index contributed by atoms with van der Waals surface area (Å²) in [5.74, 6) is 0.146. The van der Waals surface area contributed by atoms with Gasteiger partial charge in [0.05, 0.1) is 23.7 Å². The molecule has 0 saturated heterocycles. The molecule has 0 radical (unpaired) electrons. The van der Waals surface area contributed by atoms with Crippen molar-refractivity contribution in [2.24, 2.45) is 0 Å². The fourth-order valence-corrected chi connectivity index (χ4v) is 4.73. The fraction of sp³-hybridized carbons (Fsp3) is 0.182. The summed E-state index contributed by atoms with van der Waals surface area (Å²) in [5, 5.41) is 0. The van der Waals surface area contributed by atoms with Gasteiger partial charge in [-0.3, -0.25) is 4.31 Å². The van der Waals surface area contributed by atoms with E-state index >= 15 is 0 Å². The van der Waals surface area contributed by atoms with E-state index in [1.165, 1.54) is 16.4 Å². The predicted molar refractivity (Wildman–Crippen MR) is 109 cm³/mol. The fourth-order valence-electron chi connectivity index (χ4n) is 3.09. The Bertz CT molecular complexity index is 1050.